The third-order valence-electron chi connectivity index (χ3n) is 5.79. The summed E-state index contributed by atoms with van der Waals surface area (Å²) in [5.41, 5.74) is 2.12. The van der Waals surface area contributed by atoms with Crippen LogP contribution >= 0.6 is 0 Å². The highest BCUT2D eigenvalue weighted by atomic mass is 32.2. The first-order valence-electron chi connectivity index (χ1n) is 11.0. The molecule has 2 amide bonds. The Morgan fingerprint density at radius 3 is 2.61 bits per heavy atom. The fourth-order valence-corrected chi connectivity index (χ4v) is 4.92. The maximum atomic E-state index is 12.9. The number of carbonyl (C=O) groups excluding carboxylic acids is 2. The van der Waals surface area contributed by atoms with Gasteiger partial charge in [0.1, 0.15) is 0 Å². The van der Waals surface area contributed by atoms with Gasteiger partial charge < -0.3 is 15.0 Å². The van der Waals surface area contributed by atoms with E-state index in [-0.39, 0.29) is 35.6 Å². The smallest absolute Gasteiger partial charge is 0.255 e. The lowest BCUT2D eigenvalue weighted by molar-refractivity contribution is 0.0635. The summed E-state index contributed by atoms with van der Waals surface area (Å²) in [5.74, 6) is -0.433. The number of carbonyl (C=O) groups is 2. The van der Waals surface area contributed by atoms with E-state index in [1.54, 1.807) is 24.3 Å². The first kappa shape index (κ1) is 24.9. The summed E-state index contributed by atoms with van der Waals surface area (Å²) in [6.07, 6.45) is 3.16. The van der Waals surface area contributed by atoms with Crippen LogP contribution in [0, 0.1) is 6.92 Å². The predicted octanol–water partition coefficient (Wildman–Crippen LogP) is 3.19. The lowest BCUT2D eigenvalue weighted by Gasteiger charge is -2.33. The second-order valence-corrected chi connectivity index (χ2v) is 10.0. The molecule has 0 saturated carbocycles. The van der Waals surface area contributed by atoms with Gasteiger partial charge in [0.2, 0.25) is 10.0 Å². The summed E-state index contributed by atoms with van der Waals surface area (Å²) in [4.78, 5) is 27.6. The number of hydrogen-bond donors (Lipinski definition) is 2. The van der Waals surface area contributed by atoms with Gasteiger partial charge in [-0.25, -0.2) is 13.1 Å². The fourth-order valence-electron chi connectivity index (χ4n) is 3.86. The van der Waals surface area contributed by atoms with Crippen molar-refractivity contribution < 1.29 is 22.7 Å². The van der Waals surface area contributed by atoms with Gasteiger partial charge in [-0.3, -0.25) is 9.59 Å². The van der Waals surface area contributed by atoms with Crippen LogP contribution in [0.1, 0.15) is 52.5 Å². The Morgan fingerprint density at radius 1 is 1.12 bits per heavy atom. The number of sulfonamides is 1. The van der Waals surface area contributed by atoms with Crippen molar-refractivity contribution in [1.29, 1.82) is 0 Å². The van der Waals surface area contributed by atoms with Crippen molar-refractivity contribution in [2.24, 2.45) is 0 Å². The Hall–Kier alpha value is -2.75. The number of anilines is 1. The van der Waals surface area contributed by atoms with E-state index in [0.717, 1.165) is 31.4 Å². The topological polar surface area (TPSA) is 105 Å². The number of amides is 2. The third kappa shape index (κ3) is 6.19. The van der Waals surface area contributed by atoms with Crippen LogP contribution in [0.3, 0.4) is 0 Å². The summed E-state index contributed by atoms with van der Waals surface area (Å²) >= 11 is 0. The van der Waals surface area contributed by atoms with E-state index in [1.807, 2.05) is 11.8 Å². The van der Waals surface area contributed by atoms with Gasteiger partial charge in [-0.2, -0.15) is 0 Å². The number of nitrogens with one attached hydrogen (secondary N) is 2. The second kappa shape index (κ2) is 10.9. The van der Waals surface area contributed by atoms with Crippen molar-refractivity contribution in [2.75, 3.05) is 32.1 Å². The molecule has 8 nitrogen and oxygen atoms in total. The fraction of sp³-hybridized carbons (Fsp3) is 0.417. The van der Waals surface area contributed by atoms with Crippen LogP contribution in [0.2, 0.25) is 0 Å². The SMILES string of the molecule is COCCNS(=O)(=O)c1cccc(C(=O)Nc2ccc(C(=O)N3CCCCC3C)cc2C)c1. The minimum absolute atomic E-state index is 0.000397. The van der Waals surface area contributed by atoms with Crippen LogP contribution in [0.4, 0.5) is 5.69 Å². The highest BCUT2D eigenvalue weighted by Crippen LogP contribution is 2.23. The van der Waals surface area contributed by atoms with Crippen molar-refractivity contribution in [3.05, 3.63) is 59.2 Å². The van der Waals surface area contributed by atoms with E-state index in [9.17, 15) is 18.0 Å². The van der Waals surface area contributed by atoms with Gasteiger partial charge in [0.05, 0.1) is 11.5 Å². The standard InChI is InChI=1S/C24H31N3O5S/c1-17-15-20(24(29)27-13-5-4-7-18(27)2)10-11-22(17)26-23(28)19-8-6-9-21(16-19)33(30,31)25-12-14-32-3/h6,8-11,15-16,18,25H,4-5,7,12-14H2,1-3H3,(H,26,28). The van der Waals surface area contributed by atoms with Gasteiger partial charge in [-0.15, -0.1) is 0 Å². The molecule has 3 rings (SSSR count). The third-order valence-corrected chi connectivity index (χ3v) is 7.25. The van der Waals surface area contributed by atoms with E-state index < -0.39 is 15.9 Å². The molecular weight excluding hydrogens is 442 g/mol. The van der Waals surface area contributed by atoms with Crippen LogP contribution in [-0.4, -0.2) is 58.0 Å². The molecule has 0 bridgehead atoms. The first-order chi connectivity index (χ1) is 15.7. The number of hydrogen-bond acceptors (Lipinski definition) is 5. The Bertz CT molecular complexity index is 1120. The van der Waals surface area contributed by atoms with E-state index >= 15 is 0 Å². The predicted molar refractivity (Wildman–Crippen MR) is 127 cm³/mol. The monoisotopic (exact) mass is 473 g/mol. The number of benzene rings is 2. The average Bonchev–Trinajstić information content (AvgIpc) is 2.80. The average molecular weight is 474 g/mol. The molecular formula is C24H31N3O5S. The maximum absolute atomic E-state index is 12.9. The molecule has 1 unspecified atom stereocenters. The highest BCUT2D eigenvalue weighted by Gasteiger charge is 2.24. The number of aryl methyl sites for hydroxylation is 1. The molecule has 0 aromatic heterocycles. The van der Waals surface area contributed by atoms with E-state index in [2.05, 4.69) is 17.0 Å². The molecule has 178 valence electrons. The highest BCUT2D eigenvalue weighted by molar-refractivity contribution is 7.89. The number of ether oxygens (including phenoxy) is 1. The van der Waals surface area contributed by atoms with Gasteiger partial charge in [0, 0.05) is 43.1 Å². The Balaban J connectivity index is 1.72. The number of likely N-dealkylation sites (tertiary alicyclic amines) is 1. The summed E-state index contributed by atoms with van der Waals surface area (Å²) in [7, 11) is -2.27. The van der Waals surface area contributed by atoms with Crippen LogP contribution < -0.4 is 10.0 Å². The number of nitrogens with zero attached hydrogens (tertiary/aromatic N) is 1. The van der Waals surface area contributed by atoms with Gasteiger partial charge >= 0.3 is 0 Å². The van der Waals surface area contributed by atoms with Crippen molar-refractivity contribution >= 4 is 27.5 Å². The summed E-state index contributed by atoms with van der Waals surface area (Å²) in [6.45, 7) is 5.03. The van der Waals surface area contributed by atoms with E-state index in [0.29, 0.717) is 11.3 Å². The zero-order chi connectivity index (χ0) is 24.0. The van der Waals surface area contributed by atoms with E-state index in [1.165, 1.54) is 25.3 Å². The Labute approximate surface area is 195 Å². The molecule has 33 heavy (non-hydrogen) atoms. The minimum Gasteiger partial charge on any atom is -0.383 e. The Kier molecular flexibility index (Phi) is 8.23. The molecule has 1 aliphatic heterocycles. The van der Waals surface area contributed by atoms with Crippen LogP contribution in [-0.2, 0) is 14.8 Å². The van der Waals surface area contributed by atoms with Crippen molar-refractivity contribution in [2.45, 2.75) is 44.0 Å². The largest absolute Gasteiger partial charge is 0.383 e. The molecule has 1 heterocycles. The number of piperidine rings is 1. The molecule has 9 heteroatoms. The van der Waals surface area contributed by atoms with Crippen LogP contribution in [0.25, 0.3) is 0 Å². The summed E-state index contributed by atoms with van der Waals surface area (Å²) in [6, 6.07) is 11.3. The quantitative estimate of drug-likeness (QED) is 0.573. The number of rotatable bonds is 8. The second-order valence-electron chi connectivity index (χ2n) is 8.25. The molecule has 2 aromatic carbocycles. The first-order valence-corrected chi connectivity index (χ1v) is 12.5. The Morgan fingerprint density at radius 2 is 1.91 bits per heavy atom. The van der Waals surface area contributed by atoms with Gasteiger partial charge in [-0.1, -0.05) is 6.07 Å². The molecule has 2 aromatic rings. The lowest BCUT2D eigenvalue weighted by atomic mass is 10.0. The summed E-state index contributed by atoms with van der Waals surface area (Å²) < 4.78 is 32.1. The zero-order valence-corrected chi connectivity index (χ0v) is 20.1. The maximum Gasteiger partial charge on any atom is 0.255 e. The van der Waals surface area contributed by atoms with Gasteiger partial charge in [0.15, 0.2) is 0 Å². The molecule has 0 spiro atoms. The molecule has 1 saturated heterocycles. The normalized spacial score (nSPS) is 16.5. The number of methoxy groups -OCH3 is 1. The van der Waals surface area contributed by atoms with Crippen LogP contribution in [0.15, 0.2) is 47.4 Å². The zero-order valence-electron chi connectivity index (χ0n) is 19.3. The molecule has 0 aliphatic carbocycles. The summed E-state index contributed by atoms with van der Waals surface area (Å²) in [5, 5.41) is 2.81. The van der Waals surface area contributed by atoms with E-state index in [4.69, 9.17) is 4.74 Å². The van der Waals surface area contributed by atoms with Crippen molar-refractivity contribution in [3.8, 4) is 0 Å². The van der Waals surface area contributed by atoms with Crippen molar-refractivity contribution in [1.82, 2.24) is 9.62 Å². The van der Waals surface area contributed by atoms with Gasteiger partial charge in [0.25, 0.3) is 11.8 Å². The van der Waals surface area contributed by atoms with Gasteiger partial charge in [-0.05, 0) is 75.1 Å². The minimum atomic E-state index is -3.75. The molecule has 2 N–H and O–H groups in total. The lowest BCUT2D eigenvalue weighted by Crippen LogP contribution is -2.42. The molecule has 1 fully saturated rings. The van der Waals surface area contributed by atoms with Crippen molar-refractivity contribution in [3.63, 3.8) is 0 Å². The molecule has 1 atom stereocenters. The molecule has 0 radical (unpaired) electrons. The van der Waals surface area contributed by atoms with Crippen LogP contribution in [0.5, 0.6) is 0 Å². The molecule has 1 aliphatic rings.